The van der Waals surface area contributed by atoms with Crippen molar-refractivity contribution in [2.75, 3.05) is 24.5 Å². The molecular weight excluding hydrogens is 355 g/mol. The summed E-state index contributed by atoms with van der Waals surface area (Å²) in [7, 11) is 6.08. The number of nitrogens with one attached hydrogen (secondary N) is 1. The van der Waals surface area contributed by atoms with Crippen LogP contribution in [-0.4, -0.2) is 43.3 Å². The normalized spacial score (nSPS) is 15.2. The first-order chi connectivity index (χ1) is 14.1. The van der Waals surface area contributed by atoms with Crippen LogP contribution in [0.15, 0.2) is 48.2 Å². The minimum absolute atomic E-state index is 0.572. The molecule has 0 bridgehead atoms. The highest BCUT2D eigenvalue weighted by Gasteiger charge is 2.20. The Bertz CT molecular complexity index is 957. The molecule has 0 spiro atoms. The molecule has 3 N–H and O–H groups in total. The van der Waals surface area contributed by atoms with Gasteiger partial charge in [0, 0.05) is 42.2 Å². The van der Waals surface area contributed by atoms with Gasteiger partial charge in [0.2, 0.25) is 0 Å². The summed E-state index contributed by atoms with van der Waals surface area (Å²) in [6.07, 6.45) is 10.8. The number of rotatable bonds is 8. The van der Waals surface area contributed by atoms with Crippen molar-refractivity contribution >= 4 is 37.6 Å². The standard InChI is InChI=1S/C24H30BN4/c1-4-28(5-2)21-12-9-19(10-13-21)8-11-20-17-18(3)24(27-20)22(14-15-26)23-7-6-16-29(23)25/h6-13,16-17,27H,4-5,14-15,26H2,1-3H3/q+1. The molecule has 4 nitrogen and oxygen atoms in total. The van der Waals surface area contributed by atoms with E-state index in [1.165, 1.54) is 16.8 Å². The third-order valence-electron chi connectivity index (χ3n) is 5.30. The lowest BCUT2D eigenvalue weighted by molar-refractivity contribution is -0.294. The summed E-state index contributed by atoms with van der Waals surface area (Å²) in [6, 6.07) is 10.8. The highest BCUT2D eigenvalue weighted by molar-refractivity contribution is 6.01. The lowest BCUT2D eigenvalue weighted by Gasteiger charge is -2.20. The number of allylic oxidation sites excluding steroid dienone is 2. The molecule has 3 rings (SSSR count). The molecular formula is C24H30BN4+. The molecule has 0 aliphatic carbocycles. The predicted molar refractivity (Wildman–Crippen MR) is 126 cm³/mol. The fourth-order valence-electron chi connectivity index (χ4n) is 3.73. The van der Waals surface area contributed by atoms with Gasteiger partial charge in [-0.2, -0.15) is 0 Å². The van der Waals surface area contributed by atoms with Gasteiger partial charge in [0.25, 0.3) is 0 Å². The Labute approximate surface area is 175 Å². The Morgan fingerprint density at radius 1 is 1.17 bits per heavy atom. The van der Waals surface area contributed by atoms with Crippen LogP contribution in [0.5, 0.6) is 0 Å². The van der Waals surface area contributed by atoms with Gasteiger partial charge >= 0.3 is 7.98 Å². The topological polar surface area (TPSA) is 48.1 Å². The SMILES string of the molecule is [B][N+]1=CC=CC1=C(CCN)c1[nH]c(/C=C/c2ccc(N(CC)CC)cc2)cc1C. The van der Waals surface area contributed by atoms with Crippen LogP contribution in [0.25, 0.3) is 17.7 Å². The number of anilines is 1. The molecule has 29 heavy (non-hydrogen) atoms. The molecule has 148 valence electrons. The third kappa shape index (κ3) is 4.80. The molecule has 0 saturated carbocycles. The van der Waals surface area contributed by atoms with Crippen LogP contribution in [0.1, 0.15) is 42.8 Å². The first-order valence-electron chi connectivity index (χ1n) is 10.3. The third-order valence-corrected chi connectivity index (χ3v) is 5.30. The number of H-pyrrole nitrogens is 1. The Hall–Kier alpha value is -2.79. The largest absolute Gasteiger partial charge is 0.586 e. The van der Waals surface area contributed by atoms with Crippen molar-refractivity contribution in [1.29, 1.82) is 0 Å². The smallest absolute Gasteiger partial charge is 0.372 e. The number of nitrogens with zero attached hydrogens (tertiary/aromatic N) is 2. The van der Waals surface area contributed by atoms with Crippen LogP contribution >= 0.6 is 0 Å². The van der Waals surface area contributed by atoms with Crippen molar-refractivity contribution in [3.63, 3.8) is 0 Å². The van der Waals surface area contributed by atoms with E-state index in [0.717, 1.165) is 42.2 Å². The summed E-state index contributed by atoms with van der Waals surface area (Å²) in [5.74, 6) is 0. The van der Waals surface area contributed by atoms with Gasteiger partial charge in [-0.3, -0.25) is 4.49 Å². The first kappa shape index (κ1) is 20.9. The average molecular weight is 385 g/mol. The minimum atomic E-state index is 0.572. The van der Waals surface area contributed by atoms with Gasteiger partial charge in [-0.15, -0.1) is 0 Å². The number of hydrogen-bond acceptors (Lipinski definition) is 2. The van der Waals surface area contributed by atoms with Gasteiger partial charge < -0.3 is 15.6 Å². The van der Waals surface area contributed by atoms with Gasteiger partial charge in [0.15, 0.2) is 5.70 Å². The van der Waals surface area contributed by atoms with Crippen LogP contribution in [0.4, 0.5) is 5.69 Å². The predicted octanol–water partition coefficient (Wildman–Crippen LogP) is 4.14. The van der Waals surface area contributed by atoms with Gasteiger partial charge in [-0.1, -0.05) is 18.2 Å². The molecule has 2 aromatic rings. The monoisotopic (exact) mass is 385 g/mol. The van der Waals surface area contributed by atoms with E-state index in [0.29, 0.717) is 6.54 Å². The minimum Gasteiger partial charge on any atom is -0.372 e. The maximum absolute atomic E-state index is 6.08. The van der Waals surface area contributed by atoms with Crippen molar-refractivity contribution in [2.45, 2.75) is 27.2 Å². The second-order valence-electron chi connectivity index (χ2n) is 7.20. The second kappa shape index (κ2) is 9.61. The molecule has 1 aromatic carbocycles. The summed E-state index contributed by atoms with van der Waals surface area (Å²) in [5.41, 5.74) is 13.8. The van der Waals surface area contributed by atoms with E-state index in [-0.39, 0.29) is 0 Å². The van der Waals surface area contributed by atoms with Gasteiger partial charge in [0.1, 0.15) is 6.21 Å². The number of aromatic nitrogens is 1. The average Bonchev–Trinajstić information content (AvgIpc) is 3.32. The van der Waals surface area contributed by atoms with Crippen LogP contribution in [0.2, 0.25) is 0 Å². The Balaban J connectivity index is 1.83. The molecule has 1 aromatic heterocycles. The quantitative estimate of drug-likeness (QED) is 0.671. The fourth-order valence-corrected chi connectivity index (χ4v) is 3.73. The Kier molecular flexibility index (Phi) is 6.94. The maximum atomic E-state index is 6.08. The zero-order valence-corrected chi connectivity index (χ0v) is 17.7. The summed E-state index contributed by atoms with van der Waals surface area (Å²) in [6.45, 7) is 9.08. The lowest BCUT2D eigenvalue weighted by atomic mass is 10.0. The summed E-state index contributed by atoms with van der Waals surface area (Å²) in [4.78, 5) is 5.89. The number of aromatic amines is 1. The fraction of sp³-hybridized carbons (Fsp3) is 0.292. The van der Waals surface area contributed by atoms with E-state index in [1.54, 1.807) is 4.49 Å². The van der Waals surface area contributed by atoms with Gasteiger partial charge in [-0.25, -0.2) is 0 Å². The molecule has 0 amide bonds. The maximum Gasteiger partial charge on any atom is 0.586 e. The Morgan fingerprint density at radius 2 is 1.90 bits per heavy atom. The second-order valence-corrected chi connectivity index (χ2v) is 7.20. The van der Waals surface area contributed by atoms with Crippen molar-refractivity contribution in [3.8, 4) is 0 Å². The van der Waals surface area contributed by atoms with Crippen molar-refractivity contribution in [2.24, 2.45) is 5.73 Å². The van der Waals surface area contributed by atoms with Crippen LogP contribution in [0.3, 0.4) is 0 Å². The highest BCUT2D eigenvalue weighted by Crippen LogP contribution is 2.27. The summed E-state index contributed by atoms with van der Waals surface area (Å²) >= 11 is 0. The molecule has 1 aliphatic heterocycles. The molecule has 0 atom stereocenters. The van der Waals surface area contributed by atoms with Gasteiger partial charge in [-0.05, 0) is 69.1 Å². The summed E-state index contributed by atoms with van der Waals surface area (Å²) < 4.78 is 1.65. The van der Waals surface area contributed by atoms with Crippen molar-refractivity contribution in [1.82, 2.24) is 4.98 Å². The molecule has 2 radical (unpaired) electrons. The van der Waals surface area contributed by atoms with Crippen molar-refractivity contribution < 1.29 is 4.49 Å². The zero-order chi connectivity index (χ0) is 20.8. The zero-order valence-electron chi connectivity index (χ0n) is 17.7. The Morgan fingerprint density at radius 3 is 2.48 bits per heavy atom. The van der Waals surface area contributed by atoms with Crippen LogP contribution in [-0.2, 0) is 0 Å². The molecule has 1 aliphatic rings. The highest BCUT2D eigenvalue weighted by atomic mass is 15.1. The van der Waals surface area contributed by atoms with Crippen molar-refractivity contribution in [3.05, 3.63) is 70.7 Å². The molecule has 2 heterocycles. The first-order valence-corrected chi connectivity index (χ1v) is 10.3. The summed E-state index contributed by atoms with van der Waals surface area (Å²) in [5, 5.41) is 0. The van der Waals surface area contributed by atoms with E-state index in [1.807, 2.05) is 18.4 Å². The molecule has 5 heteroatoms. The lowest BCUT2D eigenvalue weighted by Crippen LogP contribution is -2.21. The van der Waals surface area contributed by atoms with E-state index in [9.17, 15) is 0 Å². The van der Waals surface area contributed by atoms with Crippen LogP contribution < -0.4 is 10.6 Å². The number of aryl methyl sites for hydroxylation is 1. The number of hydrogen-bond donors (Lipinski definition) is 2. The van der Waals surface area contributed by atoms with Gasteiger partial charge in [0.05, 0.1) is 5.69 Å². The molecule has 0 fully saturated rings. The molecule has 0 unspecified atom stereocenters. The van der Waals surface area contributed by atoms with E-state index in [2.05, 4.69) is 73.1 Å². The number of nitrogens with two attached hydrogens (primary N) is 1. The number of benzene rings is 1. The van der Waals surface area contributed by atoms with E-state index >= 15 is 0 Å². The molecule has 0 saturated heterocycles. The van der Waals surface area contributed by atoms with Crippen LogP contribution in [0, 0.1) is 6.92 Å². The van der Waals surface area contributed by atoms with E-state index < -0.39 is 0 Å². The van der Waals surface area contributed by atoms with E-state index in [4.69, 9.17) is 13.7 Å².